The number of rotatable bonds is 4. The molecule has 0 amide bonds. The summed E-state index contributed by atoms with van der Waals surface area (Å²) < 4.78 is 0.736. The van der Waals surface area contributed by atoms with Gasteiger partial charge in [0.1, 0.15) is 12.6 Å². The van der Waals surface area contributed by atoms with E-state index in [0.717, 1.165) is 32.0 Å². The summed E-state index contributed by atoms with van der Waals surface area (Å²) in [6, 6.07) is 23.1. The van der Waals surface area contributed by atoms with Crippen LogP contribution in [0.15, 0.2) is 72.3 Å². The minimum atomic E-state index is 0. The van der Waals surface area contributed by atoms with Gasteiger partial charge in [-0.05, 0) is 23.9 Å². The second kappa shape index (κ2) is 7.30. The van der Waals surface area contributed by atoms with Gasteiger partial charge in [-0.25, -0.2) is 0 Å². The Kier molecular flexibility index (Phi) is 5.23. The normalized spacial score (nSPS) is 14.5. The van der Waals surface area contributed by atoms with Crippen molar-refractivity contribution < 1.29 is 21.7 Å². The van der Waals surface area contributed by atoms with E-state index in [-0.39, 0.29) is 18.2 Å². The van der Waals surface area contributed by atoms with Gasteiger partial charge in [0.25, 0.3) is 0 Å². The summed E-state index contributed by atoms with van der Waals surface area (Å²) in [6.45, 7) is 2.94. The first-order valence-electron chi connectivity index (χ1n) is 9.12. The zero-order valence-electron chi connectivity index (χ0n) is 15.9. The Bertz CT molecular complexity index is 1020. The highest BCUT2D eigenvalue weighted by molar-refractivity contribution is 6.22. The van der Waals surface area contributed by atoms with Gasteiger partial charge in [0.05, 0.1) is 19.7 Å². The highest BCUT2D eigenvalue weighted by Gasteiger charge is 2.31. The van der Waals surface area contributed by atoms with E-state index in [1.165, 1.54) is 5.56 Å². The second-order valence-corrected chi connectivity index (χ2v) is 7.77. The van der Waals surface area contributed by atoms with E-state index in [9.17, 15) is 4.79 Å². The predicted octanol–water partition coefficient (Wildman–Crippen LogP) is 2.26. The summed E-state index contributed by atoms with van der Waals surface area (Å²) in [6.07, 6.45) is 2.09. The molecule has 138 valence electrons. The summed E-state index contributed by atoms with van der Waals surface area (Å²) in [5.41, 5.74) is 4.18. The highest BCUT2D eigenvalue weighted by Crippen LogP contribution is 2.33. The van der Waals surface area contributed by atoms with Crippen LogP contribution in [0, 0.1) is 0 Å². The Labute approximate surface area is 167 Å². The molecule has 2 nitrogen and oxygen atoms in total. The fraction of sp³-hybridized carbons (Fsp3) is 0.208. The Morgan fingerprint density at radius 1 is 0.889 bits per heavy atom. The van der Waals surface area contributed by atoms with Crippen molar-refractivity contribution in [1.29, 1.82) is 0 Å². The summed E-state index contributed by atoms with van der Waals surface area (Å²) in [5, 5.41) is 2.22. The first-order valence-corrected chi connectivity index (χ1v) is 9.12. The number of Topliss-reactive ketones (excluding diaryl/α,β-unsaturated/α-hetero) is 1. The molecule has 27 heavy (non-hydrogen) atoms. The van der Waals surface area contributed by atoms with Gasteiger partial charge in [0, 0.05) is 16.5 Å². The summed E-state index contributed by atoms with van der Waals surface area (Å²) >= 11 is 0. The molecule has 1 aliphatic rings. The first-order chi connectivity index (χ1) is 12.5. The lowest BCUT2D eigenvalue weighted by molar-refractivity contribution is -0.914. The Morgan fingerprint density at radius 3 is 2.26 bits per heavy atom. The summed E-state index contributed by atoms with van der Waals surface area (Å²) in [4.78, 5) is 13.2. The lowest BCUT2D eigenvalue weighted by Gasteiger charge is -2.37. The third-order valence-electron chi connectivity index (χ3n) is 5.71. The molecular formula is C24H24ClNO. The molecule has 0 radical (unpaired) electrons. The van der Waals surface area contributed by atoms with E-state index in [1.54, 1.807) is 0 Å². The Morgan fingerprint density at radius 2 is 1.56 bits per heavy atom. The van der Waals surface area contributed by atoms with E-state index >= 15 is 0 Å². The lowest BCUT2D eigenvalue weighted by atomic mass is 9.87. The second-order valence-electron chi connectivity index (χ2n) is 7.77. The molecule has 0 heterocycles. The quantitative estimate of drug-likeness (QED) is 0.637. The van der Waals surface area contributed by atoms with E-state index in [2.05, 4.69) is 75.6 Å². The number of halogens is 1. The first kappa shape index (κ1) is 19.3. The molecule has 4 rings (SSSR count). The fourth-order valence-electron chi connectivity index (χ4n) is 3.93. The summed E-state index contributed by atoms with van der Waals surface area (Å²) in [7, 11) is 4.40. The molecule has 0 bridgehead atoms. The maximum atomic E-state index is 13.2. The van der Waals surface area contributed by atoms with Gasteiger partial charge in [-0.3, -0.25) is 4.79 Å². The largest absolute Gasteiger partial charge is 1.00 e. The zero-order valence-corrected chi connectivity index (χ0v) is 16.7. The standard InChI is InChI=1S/C24H24NO.ClH/c1-17(18-9-5-4-6-10-18)25(2,3)16-21-15-20-13-7-11-19-12-8-14-22(23(19)20)24(21)26;/h4-15,17H,16H2,1-3H3;1H/q+1;/p-1. The van der Waals surface area contributed by atoms with Gasteiger partial charge in [0.15, 0.2) is 5.78 Å². The van der Waals surface area contributed by atoms with Gasteiger partial charge < -0.3 is 16.9 Å². The smallest absolute Gasteiger partial charge is 0.195 e. The van der Waals surface area contributed by atoms with Crippen LogP contribution in [0.25, 0.3) is 16.8 Å². The van der Waals surface area contributed by atoms with Crippen molar-refractivity contribution in [3.8, 4) is 0 Å². The van der Waals surface area contributed by atoms with Crippen molar-refractivity contribution in [1.82, 2.24) is 0 Å². The van der Waals surface area contributed by atoms with Crippen LogP contribution >= 0.6 is 0 Å². The van der Waals surface area contributed by atoms with Crippen LogP contribution in [0.1, 0.15) is 34.5 Å². The molecule has 0 aromatic heterocycles. The van der Waals surface area contributed by atoms with E-state index in [1.807, 2.05) is 18.2 Å². The number of carbonyl (C=O) groups excluding carboxylic acids is 1. The molecular weight excluding hydrogens is 354 g/mol. The molecule has 3 aromatic carbocycles. The monoisotopic (exact) mass is 377 g/mol. The molecule has 0 fully saturated rings. The number of likely N-dealkylation sites (N-methyl/N-ethyl adjacent to an activating group) is 1. The van der Waals surface area contributed by atoms with Crippen molar-refractivity contribution in [3.63, 3.8) is 0 Å². The van der Waals surface area contributed by atoms with E-state index in [4.69, 9.17) is 0 Å². The molecule has 0 saturated heterocycles. The molecule has 0 aliphatic heterocycles. The van der Waals surface area contributed by atoms with Gasteiger partial charge in [0.2, 0.25) is 0 Å². The van der Waals surface area contributed by atoms with Crippen LogP contribution < -0.4 is 12.4 Å². The SMILES string of the molecule is CC(c1ccccc1)[N+](C)(C)CC1=Cc2cccc3cccc(c23)C1=O.[Cl-]. The minimum absolute atomic E-state index is 0. The number of hydrogen-bond acceptors (Lipinski definition) is 1. The third-order valence-corrected chi connectivity index (χ3v) is 5.71. The molecule has 3 heteroatoms. The maximum absolute atomic E-state index is 13.2. The van der Waals surface area contributed by atoms with Crippen LogP contribution in [-0.2, 0) is 0 Å². The average molecular weight is 378 g/mol. The van der Waals surface area contributed by atoms with Crippen LogP contribution in [-0.4, -0.2) is 30.9 Å². The molecule has 0 saturated carbocycles. The number of benzene rings is 3. The van der Waals surface area contributed by atoms with Crippen molar-refractivity contribution >= 4 is 22.6 Å². The number of ketones is 1. The van der Waals surface area contributed by atoms with Crippen LogP contribution in [0.5, 0.6) is 0 Å². The predicted molar refractivity (Wildman–Crippen MR) is 108 cm³/mol. The third kappa shape index (κ3) is 3.43. The van der Waals surface area contributed by atoms with Crippen molar-refractivity contribution in [2.45, 2.75) is 13.0 Å². The minimum Gasteiger partial charge on any atom is -1.00 e. The topological polar surface area (TPSA) is 17.1 Å². The van der Waals surface area contributed by atoms with Gasteiger partial charge in [-0.1, -0.05) is 66.7 Å². The molecule has 0 spiro atoms. The van der Waals surface area contributed by atoms with Crippen molar-refractivity contribution in [2.24, 2.45) is 0 Å². The molecule has 1 atom stereocenters. The number of carbonyl (C=O) groups is 1. The van der Waals surface area contributed by atoms with Gasteiger partial charge >= 0.3 is 0 Å². The van der Waals surface area contributed by atoms with Gasteiger partial charge in [-0.2, -0.15) is 0 Å². The molecule has 3 aromatic rings. The Hall–Kier alpha value is -2.42. The number of quaternary nitrogens is 1. The van der Waals surface area contributed by atoms with E-state index in [0.29, 0.717) is 12.6 Å². The van der Waals surface area contributed by atoms with E-state index < -0.39 is 0 Å². The van der Waals surface area contributed by atoms with Crippen LogP contribution in [0.2, 0.25) is 0 Å². The zero-order chi connectivity index (χ0) is 18.3. The molecule has 1 unspecified atom stereocenters. The number of hydrogen-bond donors (Lipinski definition) is 0. The maximum Gasteiger partial charge on any atom is 0.195 e. The fourth-order valence-corrected chi connectivity index (χ4v) is 3.93. The average Bonchev–Trinajstić information content (AvgIpc) is 2.66. The van der Waals surface area contributed by atoms with Crippen LogP contribution in [0.4, 0.5) is 0 Å². The lowest BCUT2D eigenvalue weighted by Crippen LogP contribution is -3.00. The molecule has 1 aliphatic carbocycles. The van der Waals surface area contributed by atoms with Gasteiger partial charge in [-0.15, -0.1) is 0 Å². The number of nitrogens with zero attached hydrogens (tertiary/aromatic N) is 1. The van der Waals surface area contributed by atoms with Crippen molar-refractivity contribution in [2.75, 3.05) is 20.6 Å². The summed E-state index contributed by atoms with van der Waals surface area (Å²) in [5.74, 6) is 0.167. The van der Waals surface area contributed by atoms with Crippen molar-refractivity contribution in [3.05, 3.63) is 89.0 Å². The Balaban J connectivity index is 0.00000210. The molecule has 0 N–H and O–H groups in total. The highest BCUT2D eigenvalue weighted by atomic mass is 35.5. The van der Waals surface area contributed by atoms with Crippen LogP contribution in [0.3, 0.4) is 0 Å².